The standard InChI is InChI=1S/C24H30N2O3/c1-2-3-18-29-23(28)24(25-22(27)21-12-8-5-9-13-21)14-16-26(17-15-24)19-20-10-6-4-7-11-20/h4-13H,2-3,14-19H2,1H3,(H,25,27). The fraction of sp³-hybridized carbons (Fsp3) is 0.417. The zero-order chi connectivity index (χ0) is 20.5. The third-order valence-electron chi connectivity index (χ3n) is 5.47. The van der Waals surface area contributed by atoms with Crippen molar-refractivity contribution in [2.24, 2.45) is 0 Å². The molecule has 1 fully saturated rings. The van der Waals surface area contributed by atoms with Gasteiger partial charge in [0.15, 0.2) is 0 Å². The summed E-state index contributed by atoms with van der Waals surface area (Å²) in [6.07, 6.45) is 2.88. The van der Waals surface area contributed by atoms with E-state index in [0.717, 1.165) is 32.5 Å². The van der Waals surface area contributed by atoms with Gasteiger partial charge >= 0.3 is 5.97 Å². The number of amides is 1. The van der Waals surface area contributed by atoms with E-state index in [4.69, 9.17) is 4.74 Å². The van der Waals surface area contributed by atoms with E-state index < -0.39 is 5.54 Å². The minimum Gasteiger partial charge on any atom is -0.464 e. The number of rotatable bonds is 8. The number of hydrogen-bond donors (Lipinski definition) is 1. The molecule has 1 N–H and O–H groups in total. The molecule has 2 aromatic carbocycles. The molecular weight excluding hydrogens is 364 g/mol. The number of likely N-dealkylation sites (tertiary alicyclic amines) is 1. The minimum atomic E-state index is -0.964. The summed E-state index contributed by atoms with van der Waals surface area (Å²) in [5, 5.41) is 3.02. The van der Waals surface area contributed by atoms with Gasteiger partial charge < -0.3 is 10.1 Å². The van der Waals surface area contributed by atoms with E-state index in [1.54, 1.807) is 12.1 Å². The van der Waals surface area contributed by atoms with Gasteiger partial charge in [-0.15, -0.1) is 0 Å². The van der Waals surface area contributed by atoms with Crippen LogP contribution in [-0.2, 0) is 16.1 Å². The molecule has 5 heteroatoms. The Hall–Kier alpha value is -2.66. The second-order valence-corrected chi connectivity index (χ2v) is 7.65. The molecule has 154 valence electrons. The number of carbonyl (C=O) groups excluding carboxylic acids is 2. The number of nitrogens with one attached hydrogen (secondary N) is 1. The van der Waals surface area contributed by atoms with Gasteiger partial charge in [0.2, 0.25) is 0 Å². The van der Waals surface area contributed by atoms with Crippen LogP contribution >= 0.6 is 0 Å². The minimum absolute atomic E-state index is 0.227. The molecule has 0 unspecified atom stereocenters. The highest BCUT2D eigenvalue weighted by atomic mass is 16.5. The maximum absolute atomic E-state index is 13.0. The number of hydrogen-bond acceptors (Lipinski definition) is 4. The largest absolute Gasteiger partial charge is 0.464 e. The quantitative estimate of drug-likeness (QED) is 0.547. The van der Waals surface area contributed by atoms with Crippen LogP contribution in [0.2, 0.25) is 0 Å². The van der Waals surface area contributed by atoms with Crippen molar-refractivity contribution in [1.29, 1.82) is 0 Å². The molecule has 0 bridgehead atoms. The Morgan fingerprint density at radius 1 is 1.00 bits per heavy atom. The summed E-state index contributed by atoms with van der Waals surface area (Å²) in [4.78, 5) is 28.1. The molecule has 0 radical (unpaired) electrons. The molecule has 0 atom stereocenters. The number of carbonyl (C=O) groups is 2. The van der Waals surface area contributed by atoms with Gasteiger partial charge in [0, 0.05) is 25.2 Å². The second-order valence-electron chi connectivity index (χ2n) is 7.65. The molecule has 1 amide bonds. The lowest BCUT2D eigenvalue weighted by Gasteiger charge is -2.40. The van der Waals surface area contributed by atoms with Gasteiger partial charge in [-0.1, -0.05) is 61.9 Å². The summed E-state index contributed by atoms with van der Waals surface area (Å²) in [6.45, 7) is 4.75. The lowest BCUT2D eigenvalue weighted by molar-refractivity contribution is -0.153. The van der Waals surface area contributed by atoms with Crippen LogP contribution in [0.3, 0.4) is 0 Å². The maximum Gasteiger partial charge on any atom is 0.331 e. The number of nitrogens with zero attached hydrogens (tertiary/aromatic N) is 1. The Morgan fingerprint density at radius 3 is 2.24 bits per heavy atom. The van der Waals surface area contributed by atoms with Crippen LogP contribution in [0.25, 0.3) is 0 Å². The SMILES string of the molecule is CCCCOC(=O)C1(NC(=O)c2ccccc2)CCN(Cc2ccccc2)CC1. The zero-order valence-electron chi connectivity index (χ0n) is 17.1. The fourth-order valence-electron chi connectivity index (χ4n) is 3.64. The molecule has 5 nitrogen and oxygen atoms in total. The van der Waals surface area contributed by atoms with Gasteiger partial charge in [0.05, 0.1) is 6.61 Å². The van der Waals surface area contributed by atoms with Crippen molar-refractivity contribution in [3.05, 3.63) is 71.8 Å². The Morgan fingerprint density at radius 2 is 1.62 bits per heavy atom. The number of esters is 1. The fourth-order valence-corrected chi connectivity index (χ4v) is 3.64. The molecule has 29 heavy (non-hydrogen) atoms. The monoisotopic (exact) mass is 394 g/mol. The highest BCUT2D eigenvalue weighted by Gasteiger charge is 2.44. The molecule has 1 aliphatic rings. The van der Waals surface area contributed by atoms with E-state index in [-0.39, 0.29) is 11.9 Å². The van der Waals surface area contributed by atoms with Gasteiger partial charge in [-0.05, 0) is 37.0 Å². The van der Waals surface area contributed by atoms with Crippen molar-refractivity contribution in [3.8, 4) is 0 Å². The molecule has 3 rings (SSSR count). The van der Waals surface area contributed by atoms with Crippen LogP contribution in [0.4, 0.5) is 0 Å². The zero-order valence-corrected chi connectivity index (χ0v) is 17.1. The molecule has 1 saturated heterocycles. The van der Waals surface area contributed by atoms with E-state index >= 15 is 0 Å². The normalized spacial score (nSPS) is 16.2. The molecule has 1 aliphatic heterocycles. The van der Waals surface area contributed by atoms with Gasteiger partial charge in [-0.3, -0.25) is 9.69 Å². The van der Waals surface area contributed by atoms with Crippen LogP contribution in [0.15, 0.2) is 60.7 Å². The molecule has 1 heterocycles. The van der Waals surface area contributed by atoms with E-state index in [9.17, 15) is 9.59 Å². The Balaban J connectivity index is 1.68. The molecule has 2 aromatic rings. The summed E-state index contributed by atoms with van der Waals surface area (Å²) in [5.41, 5.74) is 0.840. The van der Waals surface area contributed by atoms with Gasteiger partial charge in [0.1, 0.15) is 5.54 Å². The highest BCUT2D eigenvalue weighted by Crippen LogP contribution is 2.26. The first kappa shape index (κ1) is 21.1. The van der Waals surface area contributed by atoms with Gasteiger partial charge in [-0.25, -0.2) is 4.79 Å². The van der Waals surface area contributed by atoms with E-state index in [0.29, 0.717) is 25.0 Å². The average Bonchev–Trinajstić information content (AvgIpc) is 2.76. The summed E-state index contributed by atoms with van der Waals surface area (Å²) in [7, 11) is 0. The molecule has 0 spiro atoms. The van der Waals surface area contributed by atoms with E-state index in [1.165, 1.54) is 5.56 Å². The van der Waals surface area contributed by atoms with E-state index in [1.807, 2.05) is 36.4 Å². The van der Waals surface area contributed by atoms with Gasteiger partial charge in [-0.2, -0.15) is 0 Å². The average molecular weight is 395 g/mol. The summed E-state index contributed by atoms with van der Waals surface area (Å²) < 4.78 is 5.54. The topological polar surface area (TPSA) is 58.6 Å². The van der Waals surface area contributed by atoms with Crippen molar-refractivity contribution in [2.75, 3.05) is 19.7 Å². The first-order valence-corrected chi connectivity index (χ1v) is 10.4. The predicted molar refractivity (Wildman–Crippen MR) is 113 cm³/mol. The molecule has 0 aliphatic carbocycles. The van der Waals surface area contributed by atoms with Crippen molar-refractivity contribution < 1.29 is 14.3 Å². The maximum atomic E-state index is 13.0. The van der Waals surface area contributed by atoms with Crippen molar-refractivity contribution >= 4 is 11.9 Å². The van der Waals surface area contributed by atoms with Crippen LogP contribution in [0.1, 0.15) is 48.5 Å². The van der Waals surface area contributed by atoms with Crippen LogP contribution in [-0.4, -0.2) is 42.0 Å². The lowest BCUT2D eigenvalue weighted by Crippen LogP contribution is -2.60. The predicted octanol–water partition coefficient (Wildman–Crippen LogP) is 3.79. The third kappa shape index (κ3) is 5.67. The summed E-state index contributed by atoms with van der Waals surface area (Å²) in [6, 6.07) is 19.3. The number of unbranched alkanes of at least 4 members (excludes halogenated alkanes) is 1. The number of benzene rings is 2. The van der Waals surface area contributed by atoms with Crippen molar-refractivity contribution in [3.63, 3.8) is 0 Å². The molecular formula is C24H30N2O3. The number of ether oxygens (including phenoxy) is 1. The van der Waals surface area contributed by atoms with Crippen LogP contribution in [0.5, 0.6) is 0 Å². The van der Waals surface area contributed by atoms with Crippen molar-refractivity contribution in [1.82, 2.24) is 10.2 Å². The smallest absolute Gasteiger partial charge is 0.331 e. The lowest BCUT2D eigenvalue weighted by atomic mass is 9.86. The van der Waals surface area contributed by atoms with Crippen LogP contribution < -0.4 is 5.32 Å². The molecule has 0 aromatic heterocycles. The van der Waals surface area contributed by atoms with Crippen LogP contribution in [0, 0.1) is 0 Å². The Labute approximate surface area is 173 Å². The summed E-state index contributed by atoms with van der Waals surface area (Å²) in [5.74, 6) is -0.538. The Kier molecular flexibility index (Phi) is 7.42. The second kappa shape index (κ2) is 10.2. The van der Waals surface area contributed by atoms with E-state index in [2.05, 4.69) is 29.3 Å². The Bertz CT molecular complexity index is 784. The first-order valence-electron chi connectivity index (χ1n) is 10.4. The molecule has 0 saturated carbocycles. The first-order chi connectivity index (χ1) is 14.1. The number of piperidine rings is 1. The third-order valence-corrected chi connectivity index (χ3v) is 5.47. The summed E-state index contributed by atoms with van der Waals surface area (Å²) >= 11 is 0. The van der Waals surface area contributed by atoms with Crippen molar-refractivity contribution in [2.45, 2.75) is 44.7 Å². The van der Waals surface area contributed by atoms with Gasteiger partial charge in [0.25, 0.3) is 5.91 Å². The highest BCUT2D eigenvalue weighted by molar-refractivity contribution is 5.98.